The molecule has 0 aliphatic rings. The number of carbonyl (C=O) groups is 2. The minimum Gasteiger partial charge on any atom is -0.462 e. The zero-order valence-electron chi connectivity index (χ0n) is 35.7. The van der Waals surface area contributed by atoms with Crippen molar-refractivity contribution in [3.63, 3.8) is 0 Å². The number of rotatable bonds is 41. The van der Waals surface area contributed by atoms with Gasteiger partial charge in [-0.2, -0.15) is 0 Å². The third-order valence-electron chi connectivity index (χ3n) is 9.52. The maximum atomic E-state index is 12.6. The van der Waals surface area contributed by atoms with Crippen LogP contribution in [0, 0.1) is 0 Å². The average molecular weight is 755 g/mol. The van der Waals surface area contributed by atoms with Crippen LogP contribution in [0.3, 0.4) is 0 Å². The molecule has 0 N–H and O–H groups in total. The summed E-state index contributed by atoms with van der Waals surface area (Å²) in [4.78, 5) is 25.1. The van der Waals surface area contributed by atoms with Crippen molar-refractivity contribution in [3.8, 4) is 0 Å². The van der Waals surface area contributed by atoms with Crippen LogP contribution in [0.25, 0.3) is 0 Å². The second-order valence-electron chi connectivity index (χ2n) is 14.9. The molecule has 0 bridgehead atoms. The van der Waals surface area contributed by atoms with Crippen LogP contribution in [0.5, 0.6) is 0 Å². The first kappa shape index (κ1) is 51.6. The molecule has 0 aliphatic heterocycles. The maximum Gasteiger partial charge on any atom is 0.306 e. The summed E-state index contributed by atoms with van der Waals surface area (Å²) in [5, 5.41) is 0. The molecule has 0 aromatic rings. The van der Waals surface area contributed by atoms with Gasteiger partial charge in [0.05, 0.1) is 6.61 Å². The molecule has 0 fully saturated rings. The number of hydrogen-bond acceptors (Lipinski definition) is 5. The molecule has 0 rings (SSSR count). The van der Waals surface area contributed by atoms with Crippen LogP contribution in [0.15, 0.2) is 60.8 Å². The van der Waals surface area contributed by atoms with Crippen LogP contribution in [-0.4, -0.2) is 37.9 Å². The smallest absolute Gasteiger partial charge is 0.306 e. The van der Waals surface area contributed by atoms with E-state index in [4.69, 9.17) is 14.2 Å². The molecule has 5 heteroatoms. The average Bonchev–Trinajstić information content (AvgIpc) is 3.17. The van der Waals surface area contributed by atoms with Gasteiger partial charge in [-0.1, -0.05) is 184 Å². The zero-order chi connectivity index (χ0) is 39.3. The van der Waals surface area contributed by atoms with E-state index < -0.39 is 6.10 Å². The van der Waals surface area contributed by atoms with Crippen molar-refractivity contribution in [2.24, 2.45) is 0 Å². The van der Waals surface area contributed by atoms with E-state index in [-0.39, 0.29) is 25.2 Å². The lowest BCUT2D eigenvalue weighted by Crippen LogP contribution is -2.30. The van der Waals surface area contributed by atoms with Gasteiger partial charge in [0.15, 0.2) is 6.10 Å². The van der Waals surface area contributed by atoms with Crippen molar-refractivity contribution in [1.29, 1.82) is 0 Å². The number of allylic oxidation sites excluding steroid dienone is 10. The molecule has 1 unspecified atom stereocenters. The Bertz CT molecular complexity index is 946. The Balaban J connectivity index is 4.16. The molecule has 0 amide bonds. The predicted octanol–water partition coefficient (Wildman–Crippen LogP) is 15.0. The van der Waals surface area contributed by atoms with Gasteiger partial charge in [0.25, 0.3) is 0 Å². The Morgan fingerprint density at radius 1 is 0.426 bits per heavy atom. The number of hydrogen-bond donors (Lipinski definition) is 0. The highest BCUT2D eigenvalue weighted by Crippen LogP contribution is 2.13. The van der Waals surface area contributed by atoms with E-state index in [1.54, 1.807) is 0 Å². The van der Waals surface area contributed by atoms with Crippen molar-refractivity contribution in [3.05, 3.63) is 60.8 Å². The molecular formula is C49H86O5. The Kier molecular flexibility index (Phi) is 43.0. The highest BCUT2D eigenvalue weighted by Gasteiger charge is 2.17. The van der Waals surface area contributed by atoms with E-state index in [2.05, 4.69) is 81.5 Å². The summed E-state index contributed by atoms with van der Waals surface area (Å²) >= 11 is 0. The van der Waals surface area contributed by atoms with Gasteiger partial charge in [-0.05, 0) is 77.0 Å². The third-order valence-corrected chi connectivity index (χ3v) is 9.52. The van der Waals surface area contributed by atoms with Crippen LogP contribution in [0.2, 0.25) is 0 Å². The molecule has 0 heterocycles. The highest BCUT2D eigenvalue weighted by molar-refractivity contribution is 5.70. The molecule has 0 spiro atoms. The molecule has 54 heavy (non-hydrogen) atoms. The fraction of sp³-hybridized carbons (Fsp3) is 0.755. The zero-order valence-corrected chi connectivity index (χ0v) is 35.7. The van der Waals surface area contributed by atoms with E-state index in [1.165, 1.54) is 103 Å². The van der Waals surface area contributed by atoms with Crippen LogP contribution in [0.4, 0.5) is 0 Å². The van der Waals surface area contributed by atoms with E-state index in [0.29, 0.717) is 19.4 Å². The summed E-state index contributed by atoms with van der Waals surface area (Å²) in [7, 11) is 0. The molecule has 0 aromatic heterocycles. The molecule has 1 atom stereocenters. The molecule has 0 saturated heterocycles. The van der Waals surface area contributed by atoms with E-state index in [1.807, 2.05) is 0 Å². The van der Waals surface area contributed by atoms with Gasteiger partial charge in [0.2, 0.25) is 0 Å². The van der Waals surface area contributed by atoms with E-state index in [9.17, 15) is 9.59 Å². The quantitative estimate of drug-likeness (QED) is 0.0353. The molecular weight excluding hydrogens is 669 g/mol. The SMILES string of the molecule is CC/C=C\C/C=C\C/C=C\CCCCCCCCCCOCC(COC(=O)CCCCCCC/C=C\C/C=C\CCC)OC(=O)CCCCCCCCC. The van der Waals surface area contributed by atoms with Crippen LogP contribution < -0.4 is 0 Å². The van der Waals surface area contributed by atoms with E-state index >= 15 is 0 Å². The summed E-state index contributed by atoms with van der Waals surface area (Å²) < 4.78 is 17.2. The highest BCUT2D eigenvalue weighted by atomic mass is 16.6. The Labute approximate surface area is 334 Å². The molecule has 312 valence electrons. The normalized spacial score (nSPS) is 12.7. The maximum absolute atomic E-state index is 12.6. The van der Waals surface area contributed by atoms with Gasteiger partial charge in [0, 0.05) is 19.4 Å². The van der Waals surface area contributed by atoms with Crippen LogP contribution in [0.1, 0.15) is 213 Å². The Morgan fingerprint density at radius 3 is 1.41 bits per heavy atom. The molecule has 0 aromatic carbocycles. The number of ether oxygens (including phenoxy) is 3. The lowest BCUT2D eigenvalue weighted by molar-refractivity contribution is -0.163. The molecule has 0 aliphatic carbocycles. The third kappa shape index (κ3) is 42.3. The van der Waals surface area contributed by atoms with E-state index in [0.717, 1.165) is 77.0 Å². The first-order valence-corrected chi connectivity index (χ1v) is 22.8. The van der Waals surface area contributed by atoms with Crippen molar-refractivity contribution < 1.29 is 23.8 Å². The van der Waals surface area contributed by atoms with Gasteiger partial charge >= 0.3 is 11.9 Å². The Morgan fingerprint density at radius 2 is 0.870 bits per heavy atom. The van der Waals surface area contributed by atoms with Gasteiger partial charge in [-0.25, -0.2) is 0 Å². The first-order valence-electron chi connectivity index (χ1n) is 22.8. The largest absolute Gasteiger partial charge is 0.462 e. The first-order chi connectivity index (χ1) is 26.6. The van der Waals surface area contributed by atoms with Crippen molar-refractivity contribution in [1.82, 2.24) is 0 Å². The molecule has 0 saturated carbocycles. The van der Waals surface area contributed by atoms with Gasteiger partial charge in [-0.3, -0.25) is 9.59 Å². The Hall–Kier alpha value is -2.40. The minimum atomic E-state index is -0.541. The second-order valence-corrected chi connectivity index (χ2v) is 14.9. The lowest BCUT2D eigenvalue weighted by atomic mass is 10.1. The predicted molar refractivity (Wildman–Crippen MR) is 233 cm³/mol. The minimum absolute atomic E-state index is 0.0747. The van der Waals surface area contributed by atoms with Crippen molar-refractivity contribution >= 4 is 11.9 Å². The summed E-state index contributed by atoms with van der Waals surface area (Å²) in [6.07, 6.45) is 55.1. The fourth-order valence-electron chi connectivity index (χ4n) is 6.15. The number of esters is 2. The molecule has 0 radical (unpaired) electrons. The topological polar surface area (TPSA) is 61.8 Å². The summed E-state index contributed by atoms with van der Waals surface area (Å²) in [6, 6.07) is 0. The molecule has 5 nitrogen and oxygen atoms in total. The monoisotopic (exact) mass is 755 g/mol. The van der Waals surface area contributed by atoms with Gasteiger partial charge in [-0.15, -0.1) is 0 Å². The fourth-order valence-corrected chi connectivity index (χ4v) is 6.15. The number of carbonyl (C=O) groups excluding carboxylic acids is 2. The van der Waals surface area contributed by atoms with Crippen LogP contribution in [-0.2, 0) is 23.8 Å². The standard InChI is InChI=1S/C49H86O5/c1-4-7-10-13-16-18-20-22-23-24-25-26-28-30-32-35-38-41-44-52-45-47(54-49(51)43-40-37-33-15-12-9-6-3)46-53-48(50)42-39-36-34-31-29-27-21-19-17-14-11-8-5-2/h7,10-11,14,16,18-19,21-23,47H,4-6,8-9,12-13,15,17,20,24-46H2,1-3H3/b10-7-,14-11-,18-16-,21-19-,23-22-. The second kappa shape index (κ2) is 45.0. The summed E-state index contributed by atoms with van der Waals surface area (Å²) in [6.45, 7) is 7.59. The summed E-state index contributed by atoms with van der Waals surface area (Å²) in [5.74, 6) is -0.423. The van der Waals surface area contributed by atoms with Crippen molar-refractivity contribution in [2.75, 3.05) is 19.8 Å². The number of unbranched alkanes of at least 4 members (excludes halogenated alkanes) is 20. The van der Waals surface area contributed by atoms with Crippen LogP contribution >= 0.6 is 0 Å². The summed E-state index contributed by atoms with van der Waals surface area (Å²) in [5.41, 5.74) is 0. The van der Waals surface area contributed by atoms with Gasteiger partial charge in [0.1, 0.15) is 6.61 Å². The van der Waals surface area contributed by atoms with Crippen molar-refractivity contribution in [2.45, 2.75) is 219 Å². The lowest BCUT2D eigenvalue weighted by Gasteiger charge is -2.18. The van der Waals surface area contributed by atoms with Gasteiger partial charge < -0.3 is 14.2 Å².